The third-order valence-corrected chi connectivity index (χ3v) is 5.99. The maximum atomic E-state index is 12.5. The summed E-state index contributed by atoms with van der Waals surface area (Å²) >= 11 is 0. The van der Waals surface area contributed by atoms with Gasteiger partial charge >= 0.3 is 5.97 Å². The molecule has 0 fully saturated rings. The van der Waals surface area contributed by atoms with Gasteiger partial charge in [-0.15, -0.1) is 0 Å². The Labute approximate surface area is 189 Å². The van der Waals surface area contributed by atoms with Gasteiger partial charge in [0.25, 0.3) is 0 Å². The van der Waals surface area contributed by atoms with E-state index in [0.29, 0.717) is 31.8 Å². The van der Waals surface area contributed by atoms with Crippen LogP contribution in [0.3, 0.4) is 0 Å². The van der Waals surface area contributed by atoms with Crippen LogP contribution in [-0.4, -0.2) is 43.4 Å². The summed E-state index contributed by atoms with van der Waals surface area (Å²) in [5, 5.41) is 10.2. The third-order valence-electron chi connectivity index (χ3n) is 5.99. The van der Waals surface area contributed by atoms with E-state index >= 15 is 0 Å². The molecule has 0 saturated heterocycles. The highest BCUT2D eigenvalue weighted by Crippen LogP contribution is 2.43. The number of carbonyl (C=O) groups is 1. The van der Waals surface area contributed by atoms with Crippen molar-refractivity contribution in [2.24, 2.45) is 0 Å². The standard InChI is InChI=1S/C26H31NO5/c1-5-26(21-8-12-23(13-9-21)32-17-16-30-3)14-15-27(19(2)24(26)25(28)29)18-20-6-10-22(31-4)11-7-20/h6-15H,5,16-18H2,1-4H3,(H,28,29). The van der Waals surface area contributed by atoms with Crippen LogP contribution in [0.4, 0.5) is 0 Å². The number of rotatable bonds is 10. The first-order valence-corrected chi connectivity index (χ1v) is 10.7. The van der Waals surface area contributed by atoms with E-state index < -0.39 is 11.4 Å². The number of methoxy groups -OCH3 is 2. The van der Waals surface area contributed by atoms with Gasteiger partial charge in [0, 0.05) is 31.0 Å². The molecule has 0 spiro atoms. The quantitative estimate of drug-likeness (QED) is 0.541. The van der Waals surface area contributed by atoms with E-state index in [9.17, 15) is 9.90 Å². The molecule has 0 aliphatic carbocycles. The molecule has 1 unspecified atom stereocenters. The first-order chi connectivity index (χ1) is 15.4. The van der Waals surface area contributed by atoms with Gasteiger partial charge in [-0.05, 0) is 48.7 Å². The monoisotopic (exact) mass is 437 g/mol. The lowest BCUT2D eigenvalue weighted by Crippen LogP contribution is -2.37. The molecule has 32 heavy (non-hydrogen) atoms. The fraction of sp³-hybridized carbons (Fsp3) is 0.346. The molecule has 1 aliphatic heterocycles. The summed E-state index contributed by atoms with van der Waals surface area (Å²) in [6, 6.07) is 15.5. The zero-order valence-electron chi connectivity index (χ0n) is 19.1. The molecular weight excluding hydrogens is 406 g/mol. The average molecular weight is 438 g/mol. The Morgan fingerprint density at radius 1 is 1.00 bits per heavy atom. The number of carboxylic acids is 1. The second kappa shape index (κ2) is 10.4. The van der Waals surface area contributed by atoms with Gasteiger partial charge in [0.1, 0.15) is 18.1 Å². The largest absolute Gasteiger partial charge is 0.497 e. The minimum absolute atomic E-state index is 0.393. The van der Waals surface area contributed by atoms with Crippen LogP contribution in [0.5, 0.6) is 11.5 Å². The molecule has 6 nitrogen and oxygen atoms in total. The summed E-state index contributed by atoms with van der Waals surface area (Å²) < 4.78 is 15.9. The maximum Gasteiger partial charge on any atom is 0.334 e. The van der Waals surface area contributed by atoms with E-state index in [1.54, 1.807) is 14.2 Å². The Kier molecular flexibility index (Phi) is 7.59. The SMILES string of the molecule is CCC1(c2ccc(OCCOC)cc2)C=CN(Cc2ccc(OC)cc2)C(C)=C1C(=O)O. The van der Waals surface area contributed by atoms with E-state index in [-0.39, 0.29) is 0 Å². The molecule has 1 atom stereocenters. The summed E-state index contributed by atoms with van der Waals surface area (Å²) in [6.07, 6.45) is 4.63. The Morgan fingerprint density at radius 3 is 2.22 bits per heavy atom. The van der Waals surface area contributed by atoms with Gasteiger partial charge in [0.05, 0.1) is 19.3 Å². The molecule has 0 radical (unpaired) electrons. The molecule has 0 aromatic heterocycles. The topological polar surface area (TPSA) is 68.2 Å². The average Bonchev–Trinajstić information content (AvgIpc) is 2.81. The van der Waals surface area contributed by atoms with E-state index in [2.05, 4.69) is 0 Å². The highest BCUT2D eigenvalue weighted by Gasteiger charge is 2.41. The van der Waals surface area contributed by atoms with Crippen molar-refractivity contribution in [2.75, 3.05) is 27.4 Å². The molecule has 2 aromatic carbocycles. The van der Waals surface area contributed by atoms with Crippen molar-refractivity contribution in [3.63, 3.8) is 0 Å². The highest BCUT2D eigenvalue weighted by atomic mass is 16.5. The zero-order valence-corrected chi connectivity index (χ0v) is 19.1. The van der Waals surface area contributed by atoms with Crippen LogP contribution >= 0.6 is 0 Å². The van der Waals surface area contributed by atoms with Crippen molar-refractivity contribution in [1.82, 2.24) is 4.90 Å². The Bertz CT molecular complexity index is 978. The number of benzene rings is 2. The van der Waals surface area contributed by atoms with Gasteiger partial charge in [-0.1, -0.05) is 37.3 Å². The molecule has 1 N–H and O–H groups in total. The van der Waals surface area contributed by atoms with Crippen LogP contribution in [0.15, 0.2) is 72.1 Å². The minimum atomic E-state index is -0.908. The van der Waals surface area contributed by atoms with E-state index in [0.717, 1.165) is 28.3 Å². The fourth-order valence-electron chi connectivity index (χ4n) is 4.15. The van der Waals surface area contributed by atoms with Crippen molar-refractivity contribution < 1.29 is 24.1 Å². The van der Waals surface area contributed by atoms with Gasteiger partial charge in [-0.3, -0.25) is 0 Å². The summed E-state index contributed by atoms with van der Waals surface area (Å²) in [7, 11) is 3.27. The summed E-state index contributed by atoms with van der Waals surface area (Å²) in [4.78, 5) is 14.4. The molecular formula is C26H31NO5. The van der Waals surface area contributed by atoms with Gasteiger partial charge < -0.3 is 24.2 Å². The molecule has 1 aliphatic rings. The molecule has 0 bridgehead atoms. The normalized spacial score (nSPS) is 18.1. The molecule has 6 heteroatoms. The van der Waals surface area contributed by atoms with Crippen molar-refractivity contribution in [1.29, 1.82) is 0 Å². The first kappa shape index (κ1) is 23.4. The van der Waals surface area contributed by atoms with Crippen LogP contribution in [-0.2, 0) is 21.5 Å². The van der Waals surface area contributed by atoms with Gasteiger partial charge in [0.2, 0.25) is 0 Å². The number of hydrogen-bond acceptors (Lipinski definition) is 5. The van der Waals surface area contributed by atoms with Crippen molar-refractivity contribution in [3.8, 4) is 11.5 Å². The van der Waals surface area contributed by atoms with Crippen LogP contribution in [0, 0.1) is 0 Å². The number of nitrogens with zero attached hydrogens (tertiary/aromatic N) is 1. The second-order valence-corrected chi connectivity index (χ2v) is 7.75. The number of ether oxygens (including phenoxy) is 3. The van der Waals surface area contributed by atoms with E-state index in [1.807, 2.05) is 79.6 Å². The summed E-state index contributed by atoms with van der Waals surface area (Å²) in [5.41, 5.74) is 2.41. The van der Waals surface area contributed by atoms with Gasteiger partial charge in [-0.2, -0.15) is 0 Å². The number of carboxylic acid groups (broad SMARTS) is 1. The first-order valence-electron chi connectivity index (χ1n) is 10.7. The van der Waals surface area contributed by atoms with Gasteiger partial charge in [-0.25, -0.2) is 4.79 Å². The van der Waals surface area contributed by atoms with Crippen molar-refractivity contribution in [2.45, 2.75) is 32.2 Å². The fourth-order valence-corrected chi connectivity index (χ4v) is 4.15. The maximum absolute atomic E-state index is 12.5. The Morgan fingerprint density at radius 2 is 1.66 bits per heavy atom. The molecule has 3 rings (SSSR count). The second-order valence-electron chi connectivity index (χ2n) is 7.75. The van der Waals surface area contributed by atoms with E-state index in [4.69, 9.17) is 14.2 Å². The van der Waals surface area contributed by atoms with Crippen LogP contribution in [0.2, 0.25) is 0 Å². The van der Waals surface area contributed by atoms with Crippen LogP contribution in [0.1, 0.15) is 31.4 Å². The Balaban J connectivity index is 1.91. The van der Waals surface area contributed by atoms with Crippen molar-refractivity contribution >= 4 is 5.97 Å². The molecule has 0 saturated carbocycles. The van der Waals surface area contributed by atoms with Crippen molar-refractivity contribution in [3.05, 3.63) is 83.2 Å². The minimum Gasteiger partial charge on any atom is -0.497 e. The van der Waals surface area contributed by atoms with E-state index in [1.165, 1.54) is 0 Å². The number of allylic oxidation sites excluding steroid dienone is 2. The van der Waals surface area contributed by atoms with Gasteiger partial charge in [0.15, 0.2) is 0 Å². The lowest BCUT2D eigenvalue weighted by atomic mass is 9.70. The lowest BCUT2D eigenvalue weighted by Gasteiger charge is -2.39. The molecule has 2 aromatic rings. The van der Waals surface area contributed by atoms with Crippen LogP contribution < -0.4 is 9.47 Å². The molecule has 170 valence electrons. The predicted octanol–water partition coefficient (Wildman–Crippen LogP) is 4.76. The number of aliphatic carboxylic acids is 1. The summed E-state index contributed by atoms with van der Waals surface area (Å²) in [6.45, 7) is 5.45. The smallest absolute Gasteiger partial charge is 0.334 e. The molecule has 0 amide bonds. The third kappa shape index (κ3) is 4.81. The number of hydrogen-bond donors (Lipinski definition) is 1. The van der Waals surface area contributed by atoms with Crippen LogP contribution in [0.25, 0.3) is 0 Å². The predicted molar refractivity (Wildman–Crippen MR) is 124 cm³/mol. The zero-order chi connectivity index (χ0) is 23.1. The summed E-state index contributed by atoms with van der Waals surface area (Å²) in [5.74, 6) is 0.616. The highest BCUT2D eigenvalue weighted by molar-refractivity contribution is 5.92. The Hall–Kier alpha value is -3.25. The molecule has 1 heterocycles. The lowest BCUT2D eigenvalue weighted by molar-refractivity contribution is -0.133.